The molecule has 0 aromatic carbocycles. The van der Waals surface area contributed by atoms with Crippen molar-refractivity contribution >= 4 is 15.9 Å². The van der Waals surface area contributed by atoms with Crippen molar-refractivity contribution in [1.82, 2.24) is 39.4 Å². The van der Waals surface area contributed by atoms with Crippen LogP contribution in [0.2, 0.25) is 0 Å². The second-order valence-electron chi connectivity index (χ2n) is 6.63. The molecular formula is C17H20N8O3S. The Morgan fingerprint density at radius 2 is 2.00 bits per heavy atom. The highest BCUT2D eigenvalue weighted by atomic mass is 32.2. The van der Waals surface area contributed by atoms with Crippen molar-refractivity contribution in [2.45, 2.75) is 31.0 Å². The number of nitrogens with zero attached hydrogens (tertiary/aromatic N) is 7. The number of carbonyl (C=O) groups is 1. The highest BCUT2D eigenvalue weighted by Crippen LogP contribution is 2.27. The molecule has 0 bridgehead atoms. The summed E-state index contributed by atoms with van der Waals surface area (Å²) < 4.78 is 29.7. The van der Waals surface area contributed by atoms with Crippen molar-refractivity contribution in [3.8, 4) is 0 Å². The maximum absolute atomic E-state index is 12.6. The number of aryl methyl sites for hydroxylation is 1. The van der Waals surface area contributed by atoms with E-state index in [4.69, 9.17) is 0 Å². The Morgan fingerprint density at radius 3 is 2.69 bits per heavy atom. The van der Waals surface area contributed by atoms with Crippen LogP contribution in [0, 0.1) is 0 Å². The lowest BCUT2D eigenvalue weighted by Gasteiger charge is -2.37. The summed E-state index contributed by atoms with van der Waals surface area (Å²) in [5, 5.41) is 14.7. The van der Waals surface area contributed by atoms with Crippen molar-refractivity contribution < 1.29 is 13.2 Å². The minimum atomic E-state index is -3.58. The van der Waals surface area contributed by atoms with Crippen LogP contribution in [-0.2, 0) is 23.1 Å². The summed E-state index contributed by atoms with van der Waals surface area (Å²) in [6.07, 6.45) is 7.71. The fraction of sp³-hybridized carbons (Fsp3) is 0.353. The third kappa shape index (κ3) is 3.89. The van der Waals surface area contributed by atoms with Crippen molar-refractivity contribution in [1.29, 1.82) is 0 Å². The van der Waals surface area contributed by atoms with Gasteiger partial charge in [0.15, 0.2) is 5.69 Å². The smallest absolute Gasteiger partial charge is 0.273 e. The molecule has 1 aliphatic rings. The van der Waals surface area contributed by atoms with Crippen LogP contribution in [0.15, 0.2) is 48.0 Å². The molecule has 3 aromatic heterocycles. The quantitative estimate of drug-likeness (QED) is 0.577. The van der Waals surface area contributed by atoms with Crippen LogP contribution < -0.4 is 5.32 Å². The second-order valence-corrected chi connectivity index (χ2v) is 8.57. The number of hydrogen-bond acceptors (Lipinski definition) is 7. The molecule has 0 unspecified atom stereocenters. The van der Waals surface area contributed by atoms with Gasteiger partial charge in [0.05, 0.1) is 18.4 Å². The molecule has 0 spiro atoms. The van der Waals surface area contributed by atoms with Gasteiger partial charge in [0, 0.05) is 44.8 Å². The molecule has 11 nitrogen and oxygen atoms in total. The fourth-order valence-corrected chi connectivity index (χ4v) is 4.38. The van der Waals surface area contributed by atoms with Gasteiger partial charge in [-0.3, -0.25) is 14.5 Å². The monoisotopic (exact) mass is 416 g/mol. The lowest BCUT2D eigenvalue weighted by atomic mass is 10.2. The molecule has 0 atom stereocenters. The lowest BCUT2D eigenvalue weighted by Crippen LogP contribution is -2.50. The van der Waals surface area contributed by atoms with Gasteiger partial charge in [0.2, 0.25) is 10.0 Å². The minimum Gasteiger partial charge on any atom is -0.347 e. The molecule has 1 amide bonds. The van der Waals surface area contributed by atoms with E-state index in [-0.39, 0.29) is 35.6 Å². The van der Waals surface area contributed by atoms with Gasteiger partial charge in [-0.1, -0.05) is 5.21 Å². The molecule has 1 fully saturated rings. The van der Waals surface area contributed by atoms with Gasteiger partial charge in [-0.15, -0.1) is 5.10 Å². The molecule has 1 saturated heterocycles. The van der Waals surface area contributed by atoms with E-state index in [1.165, 1.54) is 27.6 Å². The number of carbonyl (C=O) groups excluding carboxylic acids is 1. The standard InChI is InChI=1S/C17H20N8O3S/c1-2-23-11-15(8-20-23)29(27,28)24-9-14(10-24)25-12-16(21-22-25)17(26)19-7-13-3-5-18-6-4-13/h3-6,8,11-12,14H,2,7,9-10H2,1H3,(H,19,26). The maximum atomic E-state index is 12.6. The van der Waals surface area contributed by atoms with E-state index in [1.54, 1.807) is 17.1 Å². The summed E-state index contributed by atoms with van der Waals surface area (Å²) in [5.41, 5.74) is 1.11. The Labute approximate surface area is 167 Å². The maximum Gasteiger partial charge on any atom is 0.273 e. The number of sulfonamides is 1. The average Bonchev–Trinajstić information content (AvgIpc) is 3.35. The van der Waals surface area contributed by atoms with Crippen LogP contribution in [0.5, 0.6) is 0 Å². The predicted octanol–water partition coefficient (Wildman–Crippen LogP) is 0.0651. The molecule has 4 heterocycles. The van der Waals surface area contributed by atoms with Crippen LogP contribution in [0.1, 0.15) is 29.0 Å². The summed E-state index contributed by atoms with van der Waals surface area (Å²) in [4.78, 5) is 16.3. The van der Waals surface area contributed by atoms with E-state index in [0.717, 1.165) is 5.56 Å². The van der Waals surface area contributed by atoms with Crippen molar-refractivity contribution in [3.05, 3.63) is 54.4 Å². The SMILES string of the molecule is CCn1cc(S(=O)(=O)N2CC(n3cc(C(=O)NCc4ccncc4)nn3)C2)cn1. The van der Waals surface area contributed by atoms with Crippen LogP contribution in [0.25, 0.3) is 0 Å². The lowest BCUT2D eigenvalue weighted by molar-refractivity contribution is 0.0945. The summed E-state index contributed by atoms with van der Waals surface area (Å²) in [7, 11) is -3.58. The van der Waals surface area contributed by atoms with E-state index in [0.29, 0.717) is 13.1 Å². The average molecular weight is 416 g/mol. The number of nitrogens with one attached hydrogen (secondary N) is 1. The predicted molar refractivity (Wildman–Crippen MR) is 101 cm³/mol. The van der Waals surface area contributed by atoms with E-state index in [9.17, 15) is 13.2 Å². The first-order valence-electron chi connectivity index (χ1n) is 9.09. The number of hydrogen-bond donors (Lipinski definition) is 1. The number of pyridine rings is 1. The van der Waals surface area contributed by atoms with E-state index in [2.05, 4.69) is 25.7 Å². The van der Waals surface area contributed by atoms with Crippen molar-refractivity contribution in [3.63, 3.8) is 0 Å². The van der Waals surface area contributed by atoms with Crippen LogP contribution >= 0.6 is 0 Å². The fourth-order valence-electron chi connectivity index (χ4n) is 2.91. The first-order chi connectivity index (χ1) is 14.0. The highest BCUT2D eigenvalue weighted by molar-refractivity contribution is 7.89. The van der Waals surface area contributed by atoms with Gasteiger partial charge >= 0.3 is 0 Å². The van der Waals surface area contributed by atoms with Gasteiger partial charge in [0.25, 0.3) is 5.91 Å². The third-order valence-corrected chi connectivity index (χ3v) is 6.50. The van der Waals surface area contributed by atoms with E-state index < -0.39 is 10.0 Å². The normalized spacial score (nSPS) is 15.2. The zero-order valence-corrected chi connectivity index (χ0v) is 16.5. The first-order valence-corrected chi connectivity index (χ1v) is 10.5. The number of aromatic nitrogens is 6. The van der Waals surface area contributed by atoms with Gasteiger partial charge in [0.1, 0.15) is 4.90 Å². The summed E-state index contributed by atoms with van der Waals surface area (Å²) >= 11 is 0. The second kappa shape index (κ2) is 7.72. The van der Waals surface area contributed by atoms with Crippen molar-refractivity contribution in [2.75, 3.05) is 13.1 Å². The molecule has 4 rings (SSSR count). The summed E-state index contributed by atoms with van der Waals surface area (Å²) in [6, 6.07) is 3.45. The number of rotatable bonds is 7. The van der Waals surface area contributed by atoms with Gasteiger partial charge in [-0.05, 0) is 24.6 Å². The largest absolute Gasteiger partial charge is 0.347 e. The Kier molecular flexibility index (Phi) is 5.11. The van der Waals surface area contributed by atoms with Crippen LogP contribution in [0.4, 0.5) is 0 Å². The topological polar surface area (TPSA) is 128 Å². The van der Waals surface area contributed by atoms with Gasteiger partial charge in [-0.25, -0.2) is 13.1 Å². The Bertz CT molecular complexity index is 1100. The highest BCUT2D eigenvalue weighted by Gasteiger charge is 2.39. The van der Waals surface area contributed by atoms with E-state index in [1.807, 2.05) is 19.1 Å². The molecule has 3 aromatic rings. The summed E-state index contributed by atoms with van der Waals surface area (Å²) in [6.45, 7) is 3.37. The third-order valence-electron chi connectivity index (χ3n) is 4.72. The zero-order chi connectivity index (χ0) is 20.4. The Balaban J connectivity index is 1.34. The van der Waals surface area contributed by atoms with E-state index >= 15 is 0 Å². The summed E-state index contributed by atoms with van der Waals surface area (Å²) in [5.74, 6) is -0.344. The van der Waals surface area contributed by atoms with Gasteiger partial charge < -0.3 is 5.32 Å². The Hall–Kier alpha value is -3.12. The first kappa shape index (κ1) is 19.2. The molecule has 29 heavy (non-hydrogen) atoms. The molecule has 1 N–H and O–H groups in total. The molecule has 152 valence electrons. The zero-order valence-electron chi connectivity index (χ0n) is 15.7. The molecule has 12 heteroatoms. The van der Waals surface area contributed by atoms with Crippen LogP contribution in [-0.4, -0.2) is 61.5 Å². The minimum absolute atomic E-state index is 0.166. The molecule has 0 aliphatic carbocycles. The molecule has 0 saturated carbocycles. The molecule has 1 aliphatic heterocycles. The number of amides is 1. The molecule has 0 radical (unpaired) electrons. The van der Waals surface area contributed by atoms with Crippen LogP contribution in [0.3, 0.4) is 0 Å². The molecular weight excluding hydrogens is 396 g/mol. The van der Waals surface area contributed by atoms with Crippen molar-refractivity contribution in [2.24, 2.45) is 0 Å². The Morgan fingerprint density at radius 1 is 1.24 bits per heavy atom. The van der Waals surface area contributed by atoms with Gasteiger partial charge in [-0.2, -0.15) is 9.40 Å².